The molecule has 1 rings (SSSR count). The van der Waals surface area contributed by atoms with Gasteiger partial charge < -0.3 is 14.4 Å². The first kappa shape index (κ1) is 16.6. The van der Waals surface area contributed by atoms with Gasteiger partial charge in [-0.2, -0.15) is 0 Å². The Hall–Kier alpha value is -1.46. The number of ether oxygens (including phenoxy) is 2. The minimum absolute atomic E-state index is 0.139. The summed E-state index contributed by atoms with van der Waals surface area (Å²) in [5.74, 6) is -0.253. The molecule has 0 radical (unpaired) electrons. The molecule has 5 nitrogen and oxygen atoms in total. The molecule has 0 aliphatic heterocycles. The van der Waals surface area contributed by atoms with E-state index in [1.54, 1.807) is 19.2 Å². The Morgan fingerprint density at radius 2 is 2.00 bits per heavy atom. The van der Waals surface area contributed by atoms with E-state index in [2.05, 4.69) is 4.74 Å². The van der Waals surface area contributed by atoms with Gasteiger partial charge in [0.25, 0.3) is 5.91 Å². The smallest absolute Gasteiger partial charge is 0.307 e. The maximum absolute atomic E-state index is 11.8. The summed E-state index contributed by atoms with van der Waals surface area (Å²) >= 11 is 11.7. The number of rotatable bonds is 6. The number of benzene rings is 1. The third-order valence-electron chi connectivity index (χ3n) is 2.55. The number of halogens is 2. The van der Waals surface area contributed by atoms with Crippen LogP contribution < -0.4 is 4.74 Å². The van der Waals surface area contributed by atoms with Gasteiger partial charge in [0.05, 0.1) is 18.6 Å². The zero-order valence-corrected chi connectivity index (χ0v) is 12.7. The molecule has 0 fully saturated rings. The van der Waals surface area contributed by atoms with Crippen molar-refractivity contribution in [1.29, 1.82) is 0 Å². The Bertz CT molecular complexity index is 493. The minimum Gasteiger partial charge on any atom is -0.482 e. The number of hydrogen-bond donors (Lipinski definition) is 0. The number of likely N-dealkylation sites (N-methyl/N-ethyl adjacent to an activating group) is 1. The maximum atomic E-state index is 11.8. The van der Waals surface area contributed by atoms with Crippen LogP contribution in [0.4, 0.5) is 0 Å². The lowest BCUT2D eigenvalue weighted by Crippen LogP contribution is -2.33. The lowest BCUT2D eigenvalue weighted by atomic mass is 10.3. The second-order valence-electron chi connectivity index (χ2n) is 4.00. The third-order valence-corrected chi connectivity index (χ3v) is 3.08. The van der Waals surface area contributed by atoms with E-state index in [0.717, 1.165) is 0 Å². The topological polar surface area (TPSA) is 55.8 Å². The molecular weight excluding hydrogens is 305 g/mol. The van der Waals surface area contributed by atoms with Crippen molar-refractivity contribution >= 4 is 35.1 Å². The fraction of sp³-hybridized carbons (Fsp3) is 0.385. The Kier molecular flexibility index (Phi) is 6.61. The summed E-state index contributed by atoms with van der Waals surface area (Å²) in [5, 5.41) is 0.825. The van der Waals surface area contributed by atoms with Crippen LogP contribution >= 0.6 is 23.2 Å². The minimum atomic E-state index is -0.369. The van der Waals surface area contributed by atoms with Crippen molar-refractivity contribution in [2.24, 2.45) is 0 Å². The lowest BCUT2D eigenvalue weighted by Gasteiger charge is -2.17. The van der Waals surface area contributed by atoms with Crippen LogP contribution in [0.25, 0.3) is 0 Å². The van der Waals surface area contributed by atoms with Crippen LogP contribution in [-0.2, 0) is 14.3 Å². The summed E-state index contributed by atoms with van der Waals surface area (Å²) in [4.78, 5) is 24.1. The fourth-order valence-electron chi connectivity index (χ4n) is 1.33. The Balaban J connectivity index is 2.44. The second-order valence-corrected chi connectivity index (χ2v) is 4.85. The molecule has 0 N–H and O–H groups in total. The summed E-state index contributed by atoms with van der Waals surface area (Å²) in [6.45, 7) is 0.0994. The van der Waals surface area contributed by atoms with Crippen LogP contribution in [0.1, 0.15) is 6.42 Å². The molecule has 0 aliphatic rings. The van der Waals surface area contributed by atoms with Crippen molar-refractivity contribution < 1.29 is 19.1 Å². The molecule has 1 aromatic rings. The Labute approximate surface area is 127 Å². The molecule has 1 aromatic carbocycles. The van der Waals surface area contributed by atoms with Crippen LogP contribution in [0.5, 0.6) is 5.75 Å². The zero-order chi connectivity index (χ0) is 15.1. The maximum Gasteiger partial charge on any atom is 0.307 e. The van der Waals surface area contributed by atoms with Crippen LogP contribution in [-0.4, -0.2) is 44.1 Å². The molecule has 0 saturated carbocycles. The highest BCUT2D eigenvalue weighted by Gasteiger charge is 2.12. The first-order valence-electron chi connectivity index (χ1n) is 5.82. The predicted molar refractivity (Wildman–Crippen MR) is 76.2 cm³/mol. The summed E-state index contributed by atoms with van der Waals surface area (Å²) < 4.78 is 9.81. The highest BCUT2D eigenvalue weighted by atomic mass is 35.5. The average Bonchev–Trinajstić information content (AvgIpc) is 2.42. The standard InChI is InChI=1S/C13H15Cl2NO4/c1-16(6-5-13(18)19-2)12(17)8-20-11-4-3-9(14)7-10(11)15/h3-4,7H,5-6,8H2,1-2H3. The number of carbonyl (C=O) groups is 2. The molecule has 0 bridgehead atoms. The number of nitrogens with zero attached hydrogens (tertiary/aromatic N) is 1. The van der Waals surface area contributed by atoms with Crippen molar-refractivity contribution in [2.75, 3.05) is 27.3 Å². The van der Waals surface area contributed by atoms with Gasteiger partial charge in [-0.1, -0.05) is 23.2 Å². The number of amides is 1. The normalized spacial score (nSPS) is 10.0. The average molecular weight is 320 g/mol. The van der Waals surface area contributed by atoms with Crippen molar-refractivity contribution in [2.45, 2.75) is 6.42 Å². The van der Waals surface area contributed by atoms with Crippen LogP contribution in [0, 0.1) is 0 Å². The highest BCUT2D eigenvalue weighted by Crippen LogP contribution is 2.27. The Morgan fingerprint density at radius 1 is 1.30 bits per heavy atom. The third kappa shape index (κ3) is 5.27. The highest BCUT2D eigenvalue weighted by molar-refractivity contribution is 6.35. The van der Waals surface area contributed by atoms with Gasteiger partial charge in [0, 0.05) is 18.6 Å². The van der Waals surface area contributed by atoms with Gasteiger partial charge in [0.2, 0.25) is 0 Å². The van der Waals surface area contributed by atoms with Gasteiger partial charge in [0.1, 0.15) is 5.75 Å². The summed E-state index contributed by atoms with van der Waals surface area (Å²) in [6, 6.07) is 4.74. The van der Waals surface area contributed by atoms with Crippen molar-refractivity contribution in [3.63, 3.8) is 0 Å². The molecule has 0 aliphatic carbocycles. The summed E-state index contributed by atoms with van der Waals surface area (Å²) in [6.07, 6.45) is 0.139. The van der Waals surface area contributed by atoms with E-state index in [1.807, 2.05) is 0 Å². The van der Waals surface area contributed by atoms with E-state index in [1.165, 1.54) is 18.1 Å². The molecule has 0 spiro atoms. The van der Waals surface area contributed by atoms with Crippen molar-refractivity contribution in [3.8, 4) is 5.75 Å². The molecule has 7 heteroatoms. The molecule has 0 heterocycles. The van der Waals surface area contributed by atoms with E-state index >= 15 is 0 Å². The largest absolute Gasteiger partial charge is 0.482 e. The van der Waals surface area contributed by atoms with Gasteiger partial charge >= 0.3 is 5.97 Å². The monoisotopic (exact) mass is 319 g/mol. The zero-order valence-electron chi connectivity index (χ0n) is 11.2. The van der Waals surface area contributed by atoms with E-state index in [9.17, 15) is 9.59 Å². The van der Waals surface area contributed by atoms with Crippen LogP contribution in [0.2, 0.25) is 10.0 Å². The van der Waals surface area contributed by atoms with Crippen molar-refractivity contribution in [3.05, 3.63) is 28.2 Å². The van der Waals surface area contributed by atoms with Gasteiger partial charge in [-0.05, 0) is 18.2 Å². The molecular formula is C13H15Cl2NO4. The van der Waals surface area contributed by atoms with Gasteiger partial charge in [0.15, 0.2) is 6.61 Å². The van der Waals surface area contributed by atoms with Crippen molar-refractivity contribution in [1.82, 2.24) is 4.90 Å². The quantitative estimate of drug-likeness (QED) is 0.755. The molecule has 0 atom stereocenters. The van der Waals surface area contributed by atoms with E-state index < -0.39 is 0 Å². The summed E-state index contributed by atoms with van der Waals surface area (Å²) in [5.41, 5.74) is 0. The first-order chi connectivity index (χ1) is 9.43. The summed E-state index contributed by atoms with van der Waals surface area (Å²) in [7, 11) is 2.88. The predicted octanol–water partition coefficient (Wildman–Crippen LogP) is 2.39. The first-order valence-corrected chi connectivity index (χ1v) is 6.58. The molecule has 0 saturated heterocycles. The molecule has 20 heavy (non-hydrogen) atoms. The molecule has 0 unspecified atom stereocenters. The lowest BCUT2D eigenvalue weighted by molar-refractivity contribution is -0.141. The Morgan fingerprint density at radius 3 is 2.60 bits per heavy atom. The number of methoxy groups -OCH3 is 1. The molecule has 0 aromatic heterocycles. The van der Waals surface area contributed by atoms with Gasteiger partial charge in [-0.15, -0.1) is 0 Å². The SMILES string of the molecule is COC(=O)CCN(C)C(=O)COc1ccc(Cl)cc1Cl. The van der Waals surface area contributed by atoms with Crippen LogP contribution in [0.15, 0.2) is 18.2 Å². The second kappa shape index (κ2) is 7.97. The van der Waals surface area contributed by atoms with Gasteiger partial charge in [-0.3, -0.25) is 9.59 Å². The fourth-order valence-corrected chi connectivity index (χ4v) is 1.79. The van der Waals surface area contributed by atoms with Crippen LogP contribution in [0.3, 0.4) is 0 Å². The van der Waals surface area contributed by atoms with E-state index in [4.69, 9.17) is 27.9 Å². The number of carbonyl (C=O) groups excluding carboxylic acids is 2. The van der Waals surface area contributed by atoms with E-state index in [-0.39, 0.29) is 31.4 Å². The molecule has 1 amide bonds. The van der Waals surface area contributed by atoms with Gasteiger partial charge in [-0.25, -0.2) is 0 Å². The number of esters is 1. The number of hydrogen-bond acceptors (Lipinski definition) is 4. The molecule has 110 valence electrons. The van der Waals surface area contributed by atoms with E-state index in [0.29, 0.717) is 15.8 Å².